The third kappa shape index (κ3) is 3.77. The highest BCUT2D eigenvalue weighted by Crippen LogP contribution is 2.35. The molecule has 0 aromatic heterocycles. The number of nitrogens with one attached hydrogen (secondary N) is 1. The van der Waals surface area contributed by atoms with Gasteiger partial charge in [-0.3, -0.25) is 0 Å². The minimum Gasteiger partial charge on any atom is -0.355 e. The summed E-state index contributed by atoms with van der Waals surface area (Å²) >= 11 is 6.61. The lowest BCUT2D eigenvalue weighted by atomic mass is 10.1. The molecule has 2 aromatic rings. The molecule has 108 valence electrons. The van der Waals surface area contributed by atoms with Crippen molar-refractivity contribution < 1.29 is 13.2 Å². The van der Waals surface area contributed by atoms with Crippen LogP contribution in [0.15, 0.2) is 45.3 Å². The fourth-order valence-corrected chi connectivity index (χ4v) is 2.41. The zero-order valence-electron chi connectivity index (χ0n) is 10.3. The second kappa shape index (κ2) is 6.08. The Hall–Kier alpha value is -1.52. The maximum absolute atomic E-state index is 12.9. The van der Waals surface area contributed by atoms with Gasteiger partial charge in [-0.1, -0.05) is 15.9 Å². The van der Waals surface area contributed by atoms with E-state index in [2.05, 4.69) is 37.2 Å². The number of anilines is 2. The van der Waals surface area contributed by atoms with Crippen LogP contribution < -0.4 is 5.32 Å². The predicted octanol–water partition coefficient (Wildman–Crippen LogP) is 5.85. The molecule has 0 saturated carbocycles. The minimum absolute atomic E-state index is 0.250. The van der Waals surface area contributed by atoms with Crippen molar-refractivity contribution in [3.63, 3.8) is 0 Å². The highest BCUT2D eigenvalue weighted by molar-refractivity contribution is 9.11. The molecule has 0 bridgehead atoms. The normalized spacial score (nSPS) is 11.0. The molecule has 21 heavy (non-hydrogen) atoms. The van der Waals surface area contributed by atoms with Crippen LogP contribution in [-0.2, 0) is 6.18 Å². The van der Waals surface area contributed by atoms with E-state index in [1.54, 1.807) is 24.3 Å². The zero-order chi connectivity index (χ0) is 15.6. The summed E-state index contributed by atoms with van der Waals surface area (Å²) in [5, 5.41) is 11.6. The van der Waals surface area contributed by atoms with E-state index in [0.29, 0.717) is 10.2 Å². The third-order valence-corrected chi connectivity index (χ3v) is 3.84. The maximum Gasteiger partial charge on any atom is 0.417 e. The van der Waals surface area contributed by atoms with E-state index in [9.17, 15) is 13.2 Å². The van der Waals surface area contributed by atoms with Gasteiger partial charge in [0.2, 0.25) is 0 Å². The summed E-state index contributed by atoms with van der Waals surface area (Å²) in [5.74, 6) is 0. The number of alkyl halides is 3. The van der Waals surface area contributed by atoms with Gasteiger partial charge in [0.05, 0.1) is 22.9 Å². The largest absolute Gasteiger partial charge is 0.417 e. The molecule has 0 amide bonds. The van der Waals surface area contributed by atoms with Crippen molar-refractivity contribution in [2.24, 2.45) is 0 Å². The van der Waals surface area contributed by atoms with Crippen molar-refractivity contribution >= 4 is 43.2 Å². The maximum atomic E-state index is 12.9. The molecule has 0 unspecified atom stereocenters. The van der Waals surface area contributed by atoms with Crippen LogP contribution >= 0.6 is 31.9 Å². The zero-order valence-corrected chi connectivity index (χ0v) is 13.5. The molecular weight excluding hydrogens is 413 g/mol. The Bertz CT molecular complexity index is 721. The van der Waals surface area contributed by atoms with E-state index in [1.807, 2.05) is 0 Å². The van der Waals surface area contributed by atoms with Crippen LogP contribution in [0.5, 0.6) is 0 Å². The molecule has 2 aromatic carbocycles. The molecule has 7 heteroatoms. The van der Waals surface area contributed by atoms with Gasteiger partial charge in [0.25, 0.3) is 0 Å². The van der Waals surface area contributed by atoms with Gasteiger partial charge >= 0.3 is 6.18 Å². The number of nitrogens with zero attached hydrogens (tertiary/aromatic N) is 1. The quantitative estimate of drug-likeness (QED) is 0.663. The summed E-state index contributed by atoms with van der Waals surface area (Å²) in [6.07, 6.45) is -4.57. The summed E-state index contributed by atoms with van der Waals surface area (Å²) in [6.45, 7) is 0. The SMILES string of the molecule is N#Cc1ccc(Nc2cc(Br)ccc2Br)cc1C(F)(F)F. The minimum atomic E-state index is -4.57. The molecule has 0 heterocycles. The average molecular weight is 420 g/mol. The first-order valence-electron chi connectivity index (χ1n) is 5.64. The van der Waals surface area contributed by atoms with Gasteiger partial charge in [-0.2, -0.15) is 18.4 Å². The molecular formula is C14H7Br2F3N2. The van der Waals surface area contributed by atoms with Crippen LogP contribution in [0.4, 0.5) is 24.5 Å². The third-order valence-electron chi connectivity index (χ3n) is 2.65. The second-order valence-electron chi connectivity index (χ2n) is 4.12. The van der Waals surface area contributed by atoms with Crippen LogP contribution in [0.25, 0.3) is 0 Å². The number of halogens is 5. The summed E-state index contributed by atoms with van der Waals surface area (Å²) in [6, 6.07) is 10.4. The molecule has 0 fully saturated rings. The van der Waals surface area contributed by atoms with Crippen LogP contribution in [0.1, 0.15) is 11.1 Å². The Labute approximate surface area is 135 Å². The summed E-state index contributed by atoms with van der Waals surface area (Å²) < 4.78 is 40.2. The van der Waals surface area contributed by atoms with E-state index in [1.165, 1.54) is 6.07 Å². The molecule has 2 nitrogen and oxygen atoms in total. The first kappa shape index (κ1) is 15.9. The topological polar surface area (TPSA) is 35.8 Å². The van der Waals surface area contributed by atoms with Crippen molar-refractivity contribution in [2.45, 2.75) is 6.18 Å². The van der Waals surface area contributed by atoms with E-state index < -0.39 is 17.3 Å². The molecule has 2 rings (SSSR count). The molecule has 0 radical (unpaired) electrons. The van der Waals surface area contributed by atoms with Crippen LogP contribution in [0.3, 0.4) is 0 Å². The molecule has 0 aliphatic heterocycles. The van der Waals surface area contributed by atoms with E-state index in [0.717, 1.165) is 16.6 Å². The van der Waals surface area contributed by atoms with E-state index >= 15 is 0 Å². The van der Waals surface area contributed by atoms with Gasteiger partial charge < -0.3 is 5.32 Å². The van der Waals surface area contributed by atoms with Gasteiger partial charge in [0.1, 0.15) is 0 Å². The molecule has 0 spiro atoms. The smallest absolute Gasteiger partial charge is 0.355 e. The second-order valence-corrected chi connectivity index (χ2v) is 5.89. The van der Waals surface area contributed by atoms with E-state index in [-0.39, 0.29) is 5.69 Å². The summed E-state index contributed by atoms with van der Waals surface area (Å²) in [7, 11) is 0. The predicted molar refractivity (Wildman–Crippen MR) is 81.3 cm³/mol. The first-order valence-corrected chi connectivity index (χ1v) is 7.23. The van der Waals surface area contributed by atoms with Crippen molar-refractivity contribution in [3.8, 4) is 6.07 Å². The average Bonchev–Trinajstić information content (AvgIpc) is 2.42. The Balaban J connectivity index is 2.42. The van der Waals surface area contributed by atoms with Crippen molar-refractivity contribution in [3.05, 3.63) is 56.5 Å². The Morgan fingerprint density at radius 1 is 1.05 bits per heavy atom. The molecule has 0 atom stereocenters. The fourth-order valence-electron chi connectivity index (χ4n) is 1.70. The van der Waals surface area contributed by atoms with Gasteiger partial charge in [-0.15, -0.1) is 0 Å². The Morgan fingerprint density at radius 3 is 2.38 bits per heavy atom. The van der Waals surface area contributed by atoms with Crippen molar-refractivity contribution in [2.75, 3.05) is 5.32 Å². The summed E-state index contributed by atoms with van der Waals surface area (Å²) in [5.41, 5.74) is -0.496. The molecule has 0 aliphatic carbocycles. The van der Waals surface area contributed by atoms with Crippen molar-refractivity contribution in [1.82, 2.24) is 0 Å². The molecule has 0 saturated heterocycles. The molecule has 0 aliphatic rings. The van der Waals surface area contributed by atoms with Crippen LogP contribution in [-0.4, -0.2) is 0 Å². The van der Waals surface area contributed by atoms with Gasteiger partial charge in [-0.05, 0) is 52.3 Å². The van der Waals surface area contributed by atoms with Crippen LogP contribution in [0, 0.1) is 11.3 Å². The standard InChI is InChI=1S/C14H7Br2F3N2/c15-9-2-4-12(16)13(5-9)21-10-3-1-8(7-20)11(6-10)14(17,18)19/h1-6,21H. The lowest BCUT2D eigenvalue weighted by molar-refractivity contribution is -0.137. The fraction of sp³-hybridized carbons (Fsp3) is 0.0714. The molecule has 1 N–H and O–H groups in total. The van der Waals surface area contributed by atoms with E-state index in [4.69, 9.17) is 5.26 Å². The van der Waals surface area contributed by atoms with Gasteiger partial charge in [0, 0.05) is 14.6 Å². The Kier molecular flexibility index (Phi) is 4.59. The highest BCUT2D eigenvalue weighted by Gasteiger charge is 2.33. The number of benzene rings is 2. The lowest BCUT2D eigenvalue weighted by Crippen LogP contribution is -2.08. The van der Waals surface area contributed by atoms with Gasteiger partial charge in [0.15, 0.2) is 0 Å². The number of hydrogen-bond donors (Lipinski definition) is 1. The monoisotopic (exact) mass is 418 g/mol. The number of rotatable bonds is 2. The van der Waals surface area contributed by atoms with Crippen molar-refractivity contribution in [1.29, 1.82) is 5.26 Å². The highest BCUT2D eigenvalue weighted by atomic mass is 79.9. The summed E-state index contributed by atoms with van der Waals surface area (Å²) in [4.78, 5) is 0. The first-order chi connectivity index (χ1) is 9.81. The Morgan fingerprint density at radius 2 is 1.76 bits per heavy atom. The van der Waals surface area contributed by atoms with Gasteiger partial charge in [-0.25, -0.2) is 0 Å². The lowest BCUT2D eigenvalue weighted by Gasteiger charge is -2.13. The number of hydrogen-bond acceptors (Lipinski definition) is 2. The van der Waals surface area contributed by atoms with Crippen LogP contribution in [0.2, 0.25) is 0 Å². The number of nitriles is 1.